The van der Waals surface area contributed by atoms with Gasteiger partial charge >= 0.3 is 0 Å². The third kappa shape index (κ3) is 14.5. The molecule has 2 N–H and O–H groups in total. The number of ether oxygens (including phenoxy) is 2. The van der Waals surface area contributed by atoms with Crippen LogP contribution in [0.5, 0.6) is 0 Å². The molecule has 0 heterocycles. The lowest BCUT2D eigenvalue weighted by Gasteiger charge is -2.17. The van der Waals surface area contributed by atoms with Crippen molar-refractivity contribution in [2.24, 2.45) is 0 Å². The van der Waals surface area contributed by atoms with Gasteiger partial charge in [0.05, 0.1) is 25.4 Å². The zero-order valence-electron chi connectivity index (χ0n) is 21.0. The highest BCUT2D eigenvalue weighted by Gasteiger charge is 2.15. The number of hydrogen-bond donors (Lipinski definition) is 2. The van der Waals surface area contributed by atoms with E-state index in [0.717, 1.165) is 58.2 Å². The van der Waals surface area contributed by atoms with Crippen molar-refractivity contribution in [2.45, 2.75) is 102 Å². The van der Waals surface area contributed by atoms with Crippen LogP contribution >= 0.6 is 0 Å². The Balaban J connectivity index is 1.31. The number of hydrogen-bond acceptors (Lipinski definition) is 4. The van der Waals surface area contributed by atoms with E-state index in [1.54, 1.807) is 0 Å². The molecular weight excluding hydrogens is 424 g/mol. The van der Waals surface area contributed by atoms with Crippen molar-refractivity contribution in [3.8, 4) is 0 Å². The monoisotopic (exact) mass is 470 g/mol. The smallest absolute Gasteiger partial charge is 0.0799 e. The minimum atomic E-state index is -0.587. The van der Waals surface area contributed by atoms with Crippen LogP contribution in [0.15, 0.2) is 60.7 Å². The molecule has 0 aromatic heterocycles. The van der Waals surface area contributed by atoms with Gasteiger partial charge in [0.15, 0.2) is 0 Å². The lowest BCUT2D eigenvalue weighted by molar-refractivity contribution is 0.00702. The van der Waals surface area contributed by atoms with E-state index < -0.39 is 12.2 Å². The van der Waals surface area contributed by atoms with Crippen molar-refractivity contribution in [1.29, 1.82) is 0 Å². The largest absolute Gasteiger partial charge is 0.390 e. The standard InChI is InChI=1S/C30H46O4/c31-29(21-13-3-1-2-5-15-23-33-25-27-17-9-7-10-18-27)30(32)22-14-4-6-16-24-34-26-28-19-11-8-12-20-28/h7-12,17-20,29-32H,1-6,13-16,21-26H2. The number of rotatable bonds is 21. The van der Waals surface area contributed by atoms with Gasteiger partial charge in [-0.3, -0.25) is 0 Å². The summed E-state index contributed by atoms with van der Waals surface area (Å²) in [4.78, 5) is 0. The van der Waals surface area contributed by atoms with E-state index in [2.05, 4.69) is 24.3 Å². The summed E-state index contributed by atoms with van der Waals surface area (Å²) in [6, 6.07) is 20.5. The van der Waals surface area contributed by atoms with Gasteiger partial charge in [-0.15, -0.1) is 0 Å². The molecule has 0 aliphatic carbocycles. The minimum Gasteiger partial charge on any atom is -0.390 e. The van der Waals surface area contributed by atoms with Gasteiger partial charge in [0.1, 0.15) is 0 Å². The molecule has 0 aliphatic rings. The average Bonchev–Trinajstić information content (AvgIpc) is 2.87. The lowest BCUT2D eigenvalue weighted by atomic mass is 10.00. The van der Waals surface area contributed by atoms with E-state index in [4.69, 9.17) is 9.47 Å². The summed E-state index contributed by atoms with van der Waals surface area (Å²) in [5.74, 6) is 0. The molecule has 2 atom stereocenters. The molecule has 0 bridgehead atoms. The highest BCUT2D eigenvalue weighted by atomic mass is 16.5. The maximum absolute atomic E-state index is 10.2. The van der Waals surface area contributed by atoms with Gasteiger partial charge < -0.3 is 19.7 Å². The summed E-state index contributed by atoms with van der Waals surface area (Å²) >= 11 is 0. The molecule has 34 heavy (non-hydrogen) atoms. The maximum atomic E-state index is 10.2. The zero-order valence-corrected chi connectivity index (χ0v) is 21.0. The number of aliphatic hydroxyl groups excluding tert-OH is 2. The Morgan fingerprint density at radius 2 is 0.824 bits per heavy atom. The third-order valence-corrected chi connectivity index (χ3v) is 6.24. The molecule has 0 radical (unpaired) electrons. The molecular formula is C30H46O4. The van der Waals surface area contributed by atoms with E-state index in [1.165, 1.54) is 30.4 Å². The Morgan fingerprint density at radius 3 is 1.24 bits per heavy atom. The van der Waals surface area contributed by atoms with Gasteiger partial charge in [0.25, 0.3) is 0 Å². The van der Waals surface area contributed by atoms with Gasteiger partial charge in [-0.25, -0.2) is 0 Å². The Morgan fingerprint density at radius 1 is 0.471 bits per heavy atom. The highest BCUT2D eigenvalue weighted by Crippen LogP contribution is 2.15. The summed E-state index contributed by atoms with van der Waals surface area (Å²) in [6.45, 7) is 2.97. The summed E-state index contributed by atoms with van der Waals surface area (Å²) < 4.78 is 11.4. The van der Waals surface area contributed by atoms with Crippen LogP contribution in [-0.2, 0) is 22.7 Å². The molecule has 4 nitrogen and oxygen atoms in total. The molecule has 0 spiro atoms. The second-order valence-electron chi connectivity index (χ2n) is 9.32. The van der Waals surface area contributed by atoms with Crippen LogP contribution in [0.2, 0.25) is 0 Å². The van der Waals surface area contributed by atoms with Crippen molar-refractivity contribution >= 4 is 0 Å². The van der Waals surface area contributed by atoms with Gasteiger partial charge in [0.2, 0.25) is 0 Å². The van der Waals surface area contributed by atoms with Gasteiger partial charge in [-0.2, -0.15) is 0 Å². The molecule has 190 valence electrons. The molecule has 0 saturated heterocycles. The quantitative estimate of drug-likeness (QED) is 0.196. The summed E-state index contributed by atoms with van der Waals surface area (Å²) in [5, 5.41) is 20.4. The van der Waals surface area contributed by atoms with Crippen LogP contribution < -0.4 is 0 Å². The van der Waals surface area contributed by atoms with E-state index in [-0.39, 0.29) is 0 Å². The minimum absolute atomic E-state index is 0.583. The lowest BCUT2D eigenvalue weighted by Crippen LogP contribution is -2.25. The Hall–Kier alpha value is -1.72. The van der Waals surface area contributed by atoms with Crippen molar-refractivity contribution in [2.75, 3.05) is 13.2 Å². The molecule has 4 heteroatoms. The van der Waals surface area contributed by atoms with Crippen molar-refractivity contribution < 1.29 is 19.7 Å². The molecule has 2 aromatic rings. The SMILES string of the molecule is OC(CCCCCCCCOCc1ccccc1)C(O)CCCCCCOCc1ccccc1. The first-order valence-corrected chi connectivity index (χ1v) is 13.3. The van der Waals surface area contributed by atoms with Crippen LogP contribution in [0.1, 0.15) is 88.2 Å². The predicted octanol–water partition coefficient (Wildman–Crippen LogP) is 6.82. The molecule has 2 unspecified atom stereocenters. The Bertz CT molecular complexity index is 691. The van der Waals surface area contributed by atoms with Crippen LogP contribution in [-0.4, -0.2) is 35.6 Å². The Kier molecular flexibility index (Phi) is 16.4. The first-order valence-electron chi connectivity index (χ1n) is 13.3. The van der Waals surface area contributed by atoms with Crippen LogP contribution in [0.25, 0.3) is 0 Å². The molecule has 0 aliphatic heterocycles. The fourth-order valence-corrected chi connectivity index (χ4v) is 4.09. The van der Waals surface area contributed by atoms with Crippen molar-refractivity contribution in [3.05, 3.63) is 71.8 Å². The first-order chi connectivity index (χ1) is 16.8. The Labute approximate surface area is 207 Å². The van der Waals surface area contributed by atoms with E-state index in [1.807, 2.05) is 36.4 Å². The number of aliphatic hydroxyl groups is 2. The van der Waals surface area contributed by atoms with Crippen LogP contribution in [0.4, 0.5) is 0 Å². The van der Waals surface area contributed by atoms with Crippen LogP contribution in [0, 0.1) is 0 Å². The topological polar surface area (TPSA) is 58.9 Å². The van der Waals surface area contributed by atoms with Crippen molar-refractivity contribution in [1.82, 2.24) is 0 Å². The van der Waals surface area contributed by atoms with Crippen LogP contribution in [0.3, 0.4) is 0 Å². The molecule has 0 fully saturated rings. The molecule has 0 amide bonds. The first kappa shape index (κ1) is 28.5. The van der Waals surface area contributed by atoms with Gasteiger partial charge in [0, 0.05) is 13.2 Å². The fraction of sp³-hybridized carbons (Fsp3) is 0.600. The second-order valence-corrected chi connectivity index (χ2v) is 9.32. The van der Waals surface area contributed by atoms with Gasteiger partial charge in [-0.1, -0.05) is 112 Å². The molecule has 0 saturated carbocycles. The summed E-state index contributed by atoms with van der Waals surface area (Å²) in [5.41, 5.74) is 2.44. The third-order valence-electron chi connectivity index (χ3n) is 6.24. The predicted molar refractivity (Wildman–Crippen MR) is 140 cm³/mol. The molecule has 2 rings (SSSR count). The van der Waals surface area contributed by atoms with Crippen molar-refractivity contribution in [3.63, 3.8) is 0 Å². The zero-order chi connectivity index (χ0) is 24.1. The maximum Gasteiger partial charge on any atom is 0.0799 e. The average molecular weight is 471 g/mol. The highest BCUT2D eigenvalue weighted by molar-refractivity contribution is 5.14. The normalized spacial score (nSPS) is 13.1. The second kappa shape index (κ2) is 19.6. The summed E-state index contributed by atoms with van der Waals surface area (Å²) in [7, 11) is 0. The van der Waals surface area contributed by atoms with Gasteiger partial charge in [-0.05, 0) is 36.8 Å². The molecule has 2 aromatic carbocycles. The van der Waals surface area contributed by atoms with E-state index in [9.17, 15) is 10.2 Å². The fourth-order valence-electron chi connectivity index (χ4n) is 4.09. The summed E-state index contributed by atoms with van der Waals surface area (Å²) in [6.07, 6.45) is 11.2. The van der Waals surface area contributed by atoms with E-state index in [0.29, 0.717) is 26.1 Å². The van der Waals surface area contributed by atoms with E-state index >= 15 is 0 Å². The number of unbranched alkanes of at least 4 members (excludes halogenated alkanes) is 8. The number of benzene rings is 2.